The Balaban J connectivity index is 1.92. The average Bonchev–Trinajstić information content (AvgIpc) is 2.54. The van der Waals surface area contributed by atoms with Gasteiger partial charge in [0.25, 0.3) is 0 Å². The molecule has 5 heteroatoms. The summed E-state index contributed by atoms with van der Waals surface area (Å²) < 4.78 is 12.2. The standard InChI is InChI=1S/C16H29N3OS/c1-18-9-10-21(20)15-7-8-16(13(11-15)12-17)19-14-5-3-2-4-6-14/h7-8,11,13-14,16,18-19H,2-6,9-10,12,17H2,1H3. The minimum atomic E-state index is -0.922. The fourth-order valence-electron chi connectivity index (χ4n) is 3.11. The van der Waals surface area contributed by atoms with Gasteiger partial charge in [0.2, 0.25) is 0 Å². The fourth-order valence-corrected chi connectivity index (χ4v) is 4.29. The molecule has 0 aromatic heterocycles. The summed E-state index contributed by atoms with van der Waals surface area (Å²) in [6.07, 6.45) is 12.9. The predicted molar refractivity (Wildman–Crippen MR) is 90.5 cm³/mol. The van der Waals surface area contributed by atoms with Crippen molar-refractivity contribution < 1.29 is 4.21 Å². The number of hydrogen-bond acceptors (Lipinski definition) is 4. The van der Waals surface area contributed by atoms with Crippen molar-refractivity contribution in [2.75, 3.05) is 25.9 Å². The first-order valence-electron chi connectivity index (χ1n) is 8.13. The van der Waals surface area contributed by atoms with E-state index in [2.05, 4.69) is 22.8 Å². The first-order chi connectivity index (χ1) is 10.2. The molecule has 4 nitrogen and oxygen atoms in total. The molecule has 0 amide bonds. The van der Waals surface area contributed by atoms with Crippen molar-refractivity contribution in [2.24, 2.45) is 11.7 Å². The van der Waals surface area contributed by atoms with Crippen molar-refractivity contribution in [3.63, 3.8) is 0 Å². The van der Waals surface area contributed by atoms with E-state index in [1.807, 2.05) is 13.1 Å². The lowest BCUT2D eigenvalue weighted by molar-refractivity contribution is 0.329. The molecule has 0 spiro atoms. The molecule has 120 valence electrons. The van der Waals surface area contributed by atoms with E-state index in [0.717, 1.165) is 11.4 Å². The molecule has 0 heterocycles. The van der Waals surface area contributed by atoms with Crippen LogP contribution < -0.4 is 16.4 Å². The molecule has 1 fully saturated rings. The van der Waals surface area contributed by atoms with Gasteiger partial charge in [0, 0.05) is 41.7 Å². The molecule has 0 aromatic rings. The number of nitrogens with two attached hydrogens (primary N) is 1. The van der Waals surface area contributed by atoms with Gasteiger partial charge >= 0.3 is 0 Å². The highest BCUT2D eigenvalue weighted by atomic mass is 32.2. The zero-order chi connectivity index (χ0) is 15.1. The molecule has 3 atom stereocenters. The zero-order valence-corrected chi connectivity index (χ0v) is 13.8. The van der Waals surface area contributed by atoms with Crippen molar-refractivity contribution in [3.05, 3.63) is 23.1 Å². The van der Waals surface area contributed by atoms with E-state index in [9.17, 15) is 4.21 Å². The molecule has 0 radical (unpaired) electrons. The summed E-state index contributed by atoms with van der Waals surface area (Å²) >= 11 is 0. The molecule has 2 rings (SSSR count). The zero-order valence-electron chi connectivity index (χ0n) is 13.0. The number of hydrogen-bond donors (Lipinski definition) is 3. The van der Waals surface area contributed by atoms with Crippen molar-refractivity contribution in [1.29, 1.82) is 0 Å². The van der Waals surface area contributed by atoms with Crippen LogP contribution in [0, 0.1) is 5.92 Å². The van der Waals surface area contributed by atoms with E-state index in [1.54, 1.807) is 0 Å². The number of rotatable bonds is 7. The Morgan fingerprint density at radius 3 is 2.76 bits per heavy atom. The van der Waals surface area contributed by atoms with Crippen molar-refractivity contribution in [3.8, 4) is 0 Å². The van der Waals surface area contributed by atoms with Gasteiger partial charge in [-0.3, -0.25) is 4.21 Å². The molecule has 0 aliphatic heterocycles. The molecule has 2 aliphatic carbocycles. The SMILES string of the molecule is CNCCS(=O)C1=CC(CN)C(NC2CCCCC2)C=C1. The lowest BCUT2D eigenvalue weighted by Gasteiger charge is -2.32. The Labute approximate surface area is 131 Å². The fraction of sp³-hybridized carbons (Fsp3) is 0.750. The van der Waals surface area contributed by atoms with E-state index in [0.29, 0.717) is 24.4 Å². The van der Waals surface area contributed by atoms with Crippen LogP contribution >= 0.6 is 0 Å². The van der Waals surface area contributed by atoms with Crippen LogP contribution in [0.5, 0.6) is 0 Å². The Kier molecular flexibility index (Phi) is 7.10. The van der Waals surface area contributed by atoms with Gasteiger partial charge in [-0.25, -0.2) is 0 Å². The summed E-state index contributed by atoms with van der Waals surface area (Å²) in [6.45, 7) is 1.37. The maximum atomic E-state index is 12.2. The van der Waals surface area contributed by atoms with Crippen molar-refractivity contribution in [2.45, 2.75) is 44.2 Å². The van der Waals surface area contributed by atoms with Crippen LogP contribution in [0.25, 0.3) is 0 Å². The highest BCUT2D eigenvalue weighted by Crippen LogP contribution is 2.23. The molecule has 0 bridgehead atoms. The number of nitrogens with one attached hydrogen (secondary N) is 2. The normalized spacial score (nSPS) is 28.4. The summed E-state index contributed by atoms with van der Waals surface area (Å²) in [7, 11) is 0.962. The van der Waals surface area contributed by atoms with Crippen LogP contribution in [0.4, 0.5) is 0 Å². The molecular weight excluding hydrogens is 282 g/mol. The molecule has 3 unspecified atom stereocenters. The summed E-state index contributed by atoms with van der Waals surface area (Å²) in [4.78, 5) is 0.933. The third-order valence-corrected chi connectivity index (χ3v) is 5.79. The first kappa shape index (κ1) is 16.9. The Bertz CT molecular complexity index is 402. The second-order valence-corrected chi connectivity index (χ2v) is 7.58. The van der Waals surface area contributed by atoms with Crippen LogP contribution in [-0.2, 0) is 10.8 Å². The highest BCUT2D eigenvalue weighted by Gasteiger charge is 2.24. The van der Waals surface area contributed by atoms with Crippen molar-refractivity contribution >= 4 is 10.8 Å². The lowest BCUT2D eigenvalue weighted by Crippen LogP contribution is -2.45. The van der Waals surface area contributed by atoms with E-state index >= 15 is 0 Å². The maximum Gasteiger partial charge on any atom is 0.0539 e. The van der Waals surface area contributed by atoms with Crippen LogP contribution in [0.3, 0.4) is 0 Å². The molecule has 2 aliphatic rings. The van der Waals surface area contributed by atoms with Gasteiger partial charge in [-0.15, -0.1) is 0 Å². The van der Waals surface area contributed by atoms with Gasteiger partial charge in [-0.1, -0.05) is 31.4 Å². The lowest BCUT2D eigenvalue weighted by atomic mass is 9.90. The largest absolute Gasteiger partial charge is 0.330 e. The highest BCUT2D eigenvalue weighted by molar-refractivity contribution is 7.89. The minimum absolute atomic E-state index is 0.255. The van der Waals surface area contributed by atoms with Gasteiger partial charge in [0.05, 0.1) is 10.8 Å². The first-order valence-corrected chi connectivity index (χ1v) is 9.45. The quantitative estimate of drug-likeness (QED) is 0.662. The predicted octanol–water partition coefficient (Wildman–Crippen LogP) is 1.27. The average molecular weight is 311 g/mol. The molecule has 1 saturated carbocycles. The Morgan fingerprint density at radius 1 is 1.33 bits per heavy atom. The van der Waals surface area contributed by atoms with Gasteiger partial charge < -0.3 is 16.4 Å². The second kappa shape index (κ2) is 8.83. The van der Waals surface area contributed by atoms with E-state index in [4.69, 9.17) is 5.73 Å². The van der Waals surface area contributed by atoms with E-state index in [1.165, 1.54) is 32.1 Å². The van der Waals surface area contributed by atoms with Gasteiger partial charge in [0.15, 0.2) is 0 Å². The molecule has 0 aromatic carbocycles. The summed E-state index contributed by atoms with van der Waals surface area (Å²) in [5, 5.41) is 6.78. The van der Waals surface area contributed by atoms with Crippen LogP contribution in [0.15, 0.2) is 23.1 Å². The summed E-state index contributed by atoms with van der Waals surface area (Å²) in [5.41, 5.74) is 5.93. The minimum Gasteiger partial charge on any atom is -0.330 e. The van der Waals surface area contributed by atoms with Crippen molar-refractivity contribution in [1.82, 2.24) is 10.6 Å². The topological polar surface area (TPSA) is 67.2 Å². The van der Waals surface area contributed by atoms with Gasteiger partial charge in [-0.05, 0) is 26.0 Å². The Hall–Kier alpha value is -0.490. The molecule has 0 saturated heterocycles. The summed E-state index contributed by atoms with van der Waals surface area (Å²) in [6, 6.07) is 0.912. The van der Waals surface area contributed by atoms with Gasteiger partial charge in [0.1, 0.15) is 0 Å². The van der Waals surface area contributed by atoms with Crippen LogP contribution in [0.2, 0.25) is 0 Å². The third kappa shape index (κ3) is 5.02. The summed E-state index contributed by atoms with van der Waals surface area (Å²) in [5.74, 6) is 0.912. The van der Waals surface area contributed by atoms with E-state index in [-0.39, 0.29) is 5.92 Å². The number of allylic oxidation sites excluding steroid dienone is 1. The smallest absolute Gasteiger partial charge is 0.0539 e. The van der Waals surface area contributed by atoms with E-state index < -0.39 is 10.8 Å². The molecular formula is C16H29N3OS. The second-order valence-electron chi connectivity index (χ2n) is 6.01. The monoisotopic (exact) mass is 311 g/mol. The molecule has 21 heavy (non-hydrogen) atoms. The maximum absolute atomic E-state index is 12.2. The van der Waals surface area contributed by atoms with Crippen LogP contribution in [0.1, 0.15) is 32.1 Å². The van der Waals surface area contributed by atoms with Crippen LogP contribution in [-0.4, -0.2) is 42.2 Å². The van der Waals surface area contributed by atoms with Gasteiger partial charge in [-0.2, -0.15) is 0 Å². The Morgan fingerprint density at radius 2 is 2.10 bits per heavy atom. The molecule has 4 N–H and O–H groups in total. The third-order valence-electron chi connectivity index (χ3n) is 4.41.